The number of thioether (sulfide) groups is 1. The monoisotopic (exact) mass is 452 g/mol. The fourth-order valence-electron chi connectivity index (χ4n) is 3.00. The van der Waals surface area contributed by atoms with Crippen molar-refractivity contribution in [3.05, 3.63) is 67.1 Å². The van der Waals surface area contributed by atoms with Crippen LogP contribution in [0.2, 0.25) is 0 Å². The van der Waals surface area contributed by atoms with Crippen molar-refractivity contribution in [3.8, 4) is 0 Å². The smallest absolute Gasteiger partial charge is 0.240 e. The van der Waals surface area contributed by atoms with E-state index in [1.165, 1.54) is 25.1 Å². The van der Waals surface area contributed by atoms with Gasteiger partial charge in [-0.05, 0) is 55.8 Å². The normalized spacial score (nSPS) is 11.4. The summed E-state index contributed by atoms with van der Waals surface area (Å²) >= 11 is 1.51. The summed E-state index contributed by atoms with van der Waals surface area (Å²) < 4.78 is 26.7. The van der Waals surface area contributed by atoms with Gasteiger partial charge in [0.2, 0.25) is 10.0 Å². The molecular formula is C21H20N6O2S2. The average Bonchev–Trinajstić information content (AvgIpc) is 2.79. The molecule has 2 heterocycles. The second kappa shape index (κ2) is 8.88. The molecule has 4 aromatic rings. The molecule has 0 saturated carbocycles. The largest absolute Gasteiger partial charge is 0.340 e. The van der Waals surface area contributed by atoms with Crippen molar-refractivity contribution < 1.29 is 8.42 Å². The van der Waals surface area contributed by atoms with E-state index >= 15 is 0 Å². The lowest BCUT2D eigenvalue weighted by molar-refractivity contribution is 0.588. The third-order valence-electron chi connectivity index (χ3n) is 4.56. The van der Waals surface area contributed by atoms with Gasteiger partial charge in [-0.25, -0.2) is 23.1 Å². The van der Waals surface area contributed by atoms with E-state index < -0.39 is 10.0 Å². The Hall–Kier alpha value is -3.21. The van der Waals surface area contributed by atoms with Gasteiger partial charge in [-0.2, -0.15) is 0 Å². The Morgan fingerprint density at radius 2 is 1.71 bits per heavy atom. The number of anilines is 4. The zero-order valence-electron chi connectivity index (χ0n) is 16.8. The van der Waals surface area contributed by atoms with Crippen molar-refractivity contribution in [1.82, 2.24) is 19.7 Å². The number of benzene rings is 2. The van der Waals surface area contributed by atoms with E-state index in [1.54, 1.807) is 30.5 Å². The van der Waals surface area contributed by atoms with E-state index in [9.17, 15) is 8.42 Å². The molecule has 0 saturated heterocycles. The van der Waals surface area contributed by atoms with Gasteiger partial charge < -0.3 is 10.6 Å². The van der Waals surface area contributed by atoms with Crippen LogP contribution in [0.3, 0.4) is 0 Å². The van der Waals surface area contributed by atoms with E-state index in [0.29, 0.717) is 17.3 Å². The molecule has 3 N–H and O–H groups in total. The Kier molecular flexibility index (Phi) is 6.03. The summed E-state index contributed by atoms with van der Waals surface area (Å²) in [5.41, 5.74) is 2.43. The van der Waals surface area contributed by atoms with Crippen LogP contribution < -0.4 is 15.4 Å². The topological polar surface area (TPSA) is 109 Å². The maximum atomic E-state index is 12.2. The molecular weight excluding hydrogens is 432 g/mol. The number of nitrogens with one attached hydrogen (secondary N) is 3. The summed E-state index contributed by atoms with van der Waals surface area (Å²) in [6.07, 6.45) is 5.13. The molecule has 8 nitrogen and oxygen atoms in total. The molecule has 0 aliphatic rings. The van der Waals surface area contributed by atoms with Crippen LogP contribution in [0.4, 0.5) is 23.0 Å². The maximum Gasteiger partial charge on any atom is 0.240 e. The second-order valence-corrected chi connectivity index (χ2v) is 9.25. The second-order valence-electron chi connectivity index (χ2n) is 6.52. The van der Waals surface area contributed by atoms with Gasteiger partial charge in [-0.15, -0.1) is 11.8 Å². The van der Waals surface area contributed by atoms with Crippen LogP contribution in [0.1, 0.15) is 0 Å². The van der Waals surface area contributed by atoms with Crippen molar-refractivity contribution in [3.63, 3.8) is 0 Å². The Balaban J connectivity index is 1.60. The molecule has 0 unspecified atom stereocenters. The van der Waals surface area contributed by atoms with Crippen LogP contribution in [0.25, 0.3) is 10.9 Å². The minimum absolute atomic E-state index is 0.174. The quantitative estimate of drug-likeness (QED) is 0.359. The SMILES string of the molecule is CNS(=O)(=O)c1ccc(SC)c(Nc2cc(Nc3ccc4ncccc4c3)ncn2)c1. The molecule has 0 bridgehead atoms. The van der Waals surface area contributed by atoms with Crippen LogP contribution in [-0.4, -0.2) is 36.7 Å². The van der Waals surface area contributed by atoms with Crippen LogP contribution in [-0.2, 0) is 10.0 Å². The zero-order valence-corrected chi connectivity index (χ0v) is 18.5. The fraction of sp³-hybridized carbons (Fsp3) is 0.0952. The van der Waals surface area contributed by atoms with E-state index in [-0.39, 0.29) is 4.90 Å². The number of fused-ring (bicyclic) bond motifs is 1. The van der Waals surface area contributed by atoms with Crippen molar-refractivity contribution in [1.29, 1.82) is 0 Å². The first-order valence-corrected chi connectivity index (χ1v) is 12.0. The highest BCUT2D eigenvalue weighted by molar-refractivity contribution is 7.98. The minimum atomic E-state index is -3.55. The number of sulfonamides is 1. The molecule has 0 fully saturated rings. The highest BCUT2D eigenvalue weighted by atomic mass is 32.2. The maximum absolute atomic E-state index is 12.2. The molecule has 2 aromatic heterocycles. The zero-order chi connectivity index (χ0) is 21.8. The number of hydrogen-bond acceptors (Lipinski definition) is 8. The van der Waals surface area contributed by atoms with Crippen molar-refractivity contribution in [2.75, 3.05) is 23.9 Å². The van der Waals surface area contributed by atoms with Crippen LogP contribution in [0, 0.1) is 0 Å². The molecule has 0 atom stereocenters. The lowest BCUT2D eigenvalue weighted by Crippen LogP contribution is -2.18. The van der Waals surface area contributed by atoms with E-state index in [2.05, 4.69) is 30.3 Å². The van der Waals surface area contributed by atoms with Crippen molar-refractivity contribution >= 4 is 55.7 Å². The summed E-state index contributed by atoms with van der Waals surface area (Å²) in [5.74, 6) is 1.14. The first kappa shape index (κ1) is 21.0. The highest BCUT2D eigenvalue weighted by Crippen LogP contribution is 2.31. The van der Waals surface area contributed by atoms with Crippen LogP contribution in [0.5, 0.6) is 0 Å². The van der Waals surface area contributed by atoms with E-state index in [4.69, 9.17) is 0 Å². The van der Waals surface area contributed by atoms with Crippen molar-refractivity contribution in [2.45, 2.75) is 9.79 Å². The summed E-state index contributed by atoms with van der Waals surface area (Å²) in [6.45, 7) is 0. The molecule has 10 heteroatoms. The summed E-state index contributed by atoms with van der Waals surface area (Å²) in [7, 11) is -2.17. The Bertz CT molecular complexity index is 1340. The lowest BCUT2D eigenvalue weighted by atomic mass is 10.2. The number of nitrogens with zero attached hydrogens (tertiary/aromatic N) is 3. The molecule has 31 heavy (non-hydrogen) atoms. The number of hydrogen-bond donors (Lipinski definition) is 3. The number of pyridine rings is 1. The highest BCUT2D eigenvalue weighted by Gasteiger charge is 2.14. The summed E-state index contributed by atoms with van der Waals surface area (Å²) in [4.78, 5) is 13.9. The molecule has 4 rings (SSSR count). The predicted octanol–water partition coefficient (Wildman–Crippen LogP) is 4.14. The Labute approximate surface area is 184 Å². The number of aromatic nitrogens is 3. The standard InChI is InChI=1S/C21H20N6O2S2/c1-22-31(28,29)16-6-8-19(30-2)18(11-16)27-21-12-20(24-13-25-21)26-15-5-7-17-14(10-15)4-3-9-23-17/h3-13,22H,1-2H3,(H2,24,25,26,27). The Morgan fingerprint density at radius 1 is 0.903 bits per heavy atom. The van der Waals surface area contributed by atoms with Crippen LogP contribution in [0.15, 0.2) is 76.9 Å². The molecule has 0 aliphatic carbocycles. The minimum Gasteiger partial charge on any atom is -0.340 e. The Morgan fingerprint density at radius 3 is 2.48 bits per heavy atom. The number of rotatable bonds is 7. The van der Waals surface area contributed by atoms with E-state index in [1.807, 2.05) is 36.6 Å². The third-order valence-corrected chi connectivity index (χ3v) is 6.76. The molecule has 158 valence electrons. The lowest BCUT2D eigenvalue weighted by Gasteiger charge is -2.13. The van der Waals surface area contributed by atoms with Gasteiger partial charge in [0, 0.05) is 28.2 Å². The molecule has 0 aliphatic heterocycles. The first-order valence-electron chi connectivity index (χ1n) is 9.31. The average molecular weight is 453 g/mol. The van der Waals surface area contributed by atoms with Gasteiger partial charge >= 0.3 is 0 Å². The summed E-state index contributed by atoms with van der Waals surface area (Å²) in [5, 5.41) is 7.49. The van der Waals surface area contributed by atoms with Gasteiger partial charge in [-0.1, -0.05) is 6.07 Å². The molecule has 2 aromatic carbocycles. The van der Waals surface area contributed by atoms with E-state index in [0.717, 1.165) is 21.5 Å². The predicted molar refractivity (Wildman–Crippen MR) is 125 cm³/mol. The summed E-state index contributed by atoms with van der Waals surface area (Å²) in [6, 6.07) is 16.4. The van der Waals surface area contributed by atoms with Crippen LogP contribution >= 0.6 is 11.8 Å². The fourth-order valence-corrected chi connectivity index (χ4v) is 4.29. The molecule has 0 spiro atoms. The van der Waals surface area contributed by atoms with Gasteiger partial charge in [0.15, 0.2) is 0 Å². The van der Waals surface area contributed by atoms with Gasteiger partial charge in [-0.3, -0.25) is 4.98 Å². The molecule has 0 amide bonds. The molecule has 0 radical (unpaired) electrons. The van der Waals surface area contributed by atoms with Gasteiger partial charge in [0.05, 0.1) is 16.1 Å². The first-order chi connectivity index (χ1) is 15.0. The van der Waals surface area contributed by atoms with Gasteiger partial charge in [0.1, 0.15) is 18.0 Å². The van der Waals surface area contributed by atoms with Crippen molar-refractivity contribution in [2.24, 2.45) is 0 Å². The third kappa shape index (κ3) is 4.76. The van der Waals surface area contributed by atoms with Gasteiger partial charge in [0.25, 0.3) is 0 Å².